The van der Waals surface area contributed by atoms with Crippen molar-refractivity contribution in [1.82, 2.24) is 0 Å². The van der Waals surface area contributed by atoms with Gasteiger partial charge in [0.15, 0.2) is 6.29 Å². The van der Waals surface area contributed by atoms with Crippen molar-refractivity contribution in [3.05, 3.63) is 113 Å². The van der Waals surface area contributed by atoms with Crippen molar-refractivity contribution in [2.45, 2.75) is 51.4 Å². The monoisotopic (exact) mass is 646 g/mol. The third-order valence-corrected chi connectivity index (χ3v) is 7.94. The second kappa shape index (κ2) is 14.7. The van der Waals surface area contributed by atoms with Gasteiger partial charge in [0.05, 0.1) is 19.9 Å². The Balaban J connectivity index is 1.25. The van der Waals surface area contributed by atoms with Crippen LogP contribution in [0, 0.1) is 29.2 Å². The van der Waals surface area contributed by atoms with E-state index in [0.29, 0.717) is 24.3 Å². The summed E-state index contributed by atoms with van der Waals surface area (Å²) in [6.07, 6.45) is -1.45. The molecule has 0 spiro atoms. The van der Waals surface area contributed by atoms with Gasteiger partial charge in [0.25, 0.3) is 0 Å². The number of alkyl halides is 3. The van der Waals surface area contributed by atoms with Gasteiger partial charge in [-0.25, -0.2) is 17.6 Å². The average molecular weight is 647 g/mol. The molecule has 0 radical (unpaired) electrons. The Bertz CT molecular complexity index is 1610. The van der Waals surface area contributed by atoms with Gasteiger partial charge in [-0.05, 0) is 65.1 Å². The predicted octanol–water partition coefficient (Wildman–Crippen LogP) is 10.5. The number of hydrogen-bond acceptors (Lipinski definition) is 3. The second-order valence-corrected chi connectivity index (χ2v) is 11.3. The zero-order valence-electron chi connectivity index (χ0n) is 25.1. The fraction of sp³-hybridized carbons (Fsp3) is 0.333. The maximum absolute atomic E-state index is 15.1. The van der Waals surface area contributed by atoms with Gasteiger partial charge in [0, 0.05) is 23.5 Å². The minimum atomic E-state index is -4.37. The van der Waals surface area contributed by atoms with Crippen LogP contribution < -0.4 is 4.74 Å². The van der Waals surface area contributed by atoms with Crippen LogP contribution in [0.25, 0.3) is 22.3 Å². The number of hydrogen-bond donors (Lipinski definition) is 0. The number of ether oxygens (including phenoxy) is 3. The highest BCUT2D eigenvalue weighted by atomic mass is 19.3. The molecule has 0 saturated carbocycles. The largest absolute Gasteiger partial charge is 0.432 e. The van der Waals surface area contributed by atoms with Gasteiger partial charge in [-0.1, -0.05) is 62.6 Å². The topological polar surface area (TPSA) is 27.7 Å². The number of benzene rings is 4. The van der Waals surface area contributed by atoms with E-state index in [-0.39, 0.29) is 40.3 Å². The fourth-order valence-electron chi connectivity index (χ4n) is 5.45. The summed E-state index contributed by atoms with van der Waals surface area (Å²) >= 11 is 0. The number of rotatable bonds is 12. The summed E-state index contributed by atoms with van der Waals surface area (Å²) in [4.78, 5) is 0. The van der Waals surface area contributed by atoms with Crippen molar-refractivity contribution < 1.29 is 44.9 Å². The van der Waals surface area contributed by atoms with E-state index in [9.17, 15) is 22.0 Å². The standard InChI is InChI=1S/C36H33F7O3/c1-2-3-4-5-22-20-44-35(45-21-22)27-18-32(40)34(33(41)19-27)36(42,43)46-28-11-8-23(9-12-28)25-10-13-29(31(39)16-25)26-7-6-24(14-15-37)30(38)17-26/h6-13,16-19,22,35H,2-5,14-15,20-21H2,1H3. The Morgan fingerprint density at radius 1 is 0.739 bits per heavy atom. The molecule has 0 amide bonds. The Kier molecular flexibility index (Phi) is 10.7. The smallest absolute Gasteiger partial charge is 0.429 e. The van der Waals surface area contributed by atoms with Crippen molar-refractivity contribution in [3.63, 3.8) is 0 Å². The molecular weight excluding hydrogens is 613 g/mol. The molecule has 10 heteroatoms. The van der Waals surface area contributed by atoms with Crippen molar-refractivity contribution in [2.24, 2.45) is 5.92 Å². The highest BCUT2D eigenvalue weighted by molar-refractivity contribution is 5.71. The maximum atomic E-state index is 15.1. The first kappa shape index (κ1) is 33.5. The van der Waals surface area contributed by atoms with Crippen LogP contribution in [0.15, 0.2) is 72.8 Å². The van der Waals surface area contributed by atoms with Crippen molar-refractivity contribution >= 4 is 0 Å². The SMILES string of the molecule is CCCCCC1COC(c2cc(F)c(C(F)(F)Oc3ccc(-c4ccc(-c5ccc(CCF)c(F)c5)c(F)c4)cc3)c(F)c2)OC1. The number of halogens is 7. The van der Waals surface area contributed by atoms with Crippen LogP contribution in [0.1, 0.15) is 55.6 Å². The molecule has 46 heavy (non-hydrogen) atoms. The quantitative estimate of drug-likeness (QED) is 0.113. The molecule has 0 unspecified atom stereocenters. The third-order valence-electron chi connectivity index (χ3n) is 7.94. The molecule has 0 N–H and O–H groups in total. The lowest BCUT2D eigenvalue weighted by Crippen LogP contribution is -2.28. The normalized spacial score (nSPS) is 16.9. The summed E-state index contributed by atoms with van der Waals surface area (Å²) < 4.78 is 118. The molecule has 0 bridgehead atoms. The molecule has 1 aliphatic rings. The molecule has 4 aromatic rings. The van der Waals surface area contributed by atoms with E-state index < -0.39 is 47.9 Å². The van der Waals surface area contributed by atoms with E-state index in [4.69, 9.17) is 14.2 Å². The molecule has 4 aromatic carbocycles. The minimum absolute atomic E-state index is 0.0527. The van der Waals surface area contributed by atoms with E-state index in [1.807, 2.05) is 0 Å². The number of unbranched alkanes of at least 4 members (excludes halogenated alkanes) is 2. The molecule has 1 heterocycles. The van der Waals surface area contributed by atoms with E-state index in [2.05, 4.69) is 6.92 Å². The first-order valence-electron chi connectivity index (χ1n) is 15.1. The maximum Gasteiger partial charge on any atom is 0.432 e. The van der Waals surface area contributed by atoms with Crippen molar-refractivity contribution in [3.8, 4) is 28.0 Å². The Labute approximate surface area is 262 Å². The molecule has 1 saturated heterocycles. The van der Waals surface area contributed by atoms with E-state index >= 15 is 8.78 Å². The summed E-state index contributed by atoms with van der Waals surface area (Å²) in [6, 6.07) is 14.9. The van der Waals surface area contributed by atoms with Crippen LogP contribution >= 0.6 is 0 Å². The fourth-order valence-corrected chi connectivity index (χ4v) is 5.45. The van der Waals surface area contributed by atoms with Gasteiger partial charge < -0.3 is 14.2 Å². The lowest BCUT2D eigenvalue weighted by atomic mass is 9.98. The van der Waals surface area contributed by atoms with Crippen LogP contribution in [0.2, 0.25) is 0 Å². The summed E-state index contributed by atoms with van der Waals surface area (Å²) in [5, 5.41) is 0. The number of aryl methyl sites for hydroxylation is 1. The molecule has 1 aliphatic heterocycles. The van der Waals surface area contributed by atoms with Crippen molar-refractivity contribution in [1.29, 1.82) is 0 Å². The Morgan fingerprint density at radius 2 is 1.37 bits per heavy atom. The molecule has 5 rings (SSSR count). The lowest BCUT2D eigenvalue weighted by Gasteiger charge is -2.30. The summed E-state index contributed by atoms with van der Waals surface area (Å²) in [5.74, 6) is -4.55. The molecule has 244 valence electrons. The molecular formula is C36H33F7O3. The zero-order valence-corrected chi connectivity index (χ0v) is 25.1. The zero-order chi connectivity index (χ0) is 32.8. The first-order valence-corrected chi connectivity index (χ1v) is 15.1. The van der Waals surface area contributed by atoms with Gasteiger partial charge in [0.2, 0.25) is 0 Å². The third kappa shape index (κ3) is 7.73. The summed E-state index contributed by atoms with van der Waals surface area (Å²) in [5.41, 5.74) is -0.198. The van der Waals surface area contributed by atoms with E-state index in [1.54, 1.807) is 6.07 Å². The highest BCUT2D eigenvalue weighted by Gasteiger charge is 2.42. The van der Waals surface area contributed by atoms with Crippen LogP contribution in [0.4, 0.5) is 30.7 Å². The molecule has 0 aromatic heterocycles. The van der Waals surface area contributed by atoms with Gasteiger partial charge in [0.1, 0.15) is 34.6 Å². The second-order valence-electron chi connectivity index (χ2n) is 11.3. The van der Waals surface area contributed by atoms with Crippen LogP contribution in [-0.4, -0.2) is 19.9 Å². The average Bonchev–Trinajstić information content (AvgIpc) is 3.02. The van der Waals surface area contributed by atoms with E-state index in [0.717, 1.165) is 43.9 Å². The Hall–Kier alpha value is -3.89. The van der Waals surface area contributed by atoms with Gasteiger partial charge in [-0.15, -0.1) is 0 Å². The molecule has 1 fully saturated rings. The predicted molar refractivity (Wildman–Crippen MR) is 160 cm³/mol. The minimum Gasteiger partial charge on any atom is -0.429 e. The van der Waals surface area contributed by atoms with Gasteiger partial charge in [-0.2, -0.15) is 8.78 Å². The Morgan fingerprint density at radius 3 is 1.98 bits per heavy atom. The van der Waals surface area contributed by atoms with Gasteiger partial charge in [-0.3, -0.25) is 4.39 Å². The van der Waals surface area contributed by atoms with Gasteiger partial charge >= 0.3 is 6.11 Å². The van der Waals surface area contributed by atoms with Crippen LogP contribution in [0.5, 0.6) is 5.75 Å². The first-order chi connectivity index (χ1) is 22.1. The van der Waals surface area contributed by atoms with Crippen LogP contribution in [-0.2, 0) is 22.0 Å². The van der Waals surface area contributed by atoms with E-state index in [1.165, 1.54) is 48.5 Å². The lowest BCUT2D eigenvalue weighted by molar-refractivity contribution is -0.206. The molecule has 0 aliphatic carbocycles. The highest BCUT2D eigenvalue weighted by Crippen LogP contribution is 2.38. The molecule has 3 nitrogen and oxygen atoms in total. The van der Waals surface area contributed by atoms with Crippen LogP contribution in [0.3, 0.4) is 0 Å². The molecule has 0 atom stereocenters. The summed E-state index contributed by atoms with van der Waals surface area (Å²) in [6.45, 7) is 2.05. The summed E-state index contributed by atoms with van der Waals surface area (Å²) in [7, 11) is 0. The van der Waals surface area contributed by atoms with Crippen molar-refractivity contribution in [2.75, 3.05) is 19.9 Å².